The van der Waals surface area contributed by atoms with Crippen LogP contribution >= 0.6 is 0 Å². The van der Waals surface area contributed by atoms with Crippen LogP contribution in [-0.2, 0) is 9.59 Å². The number of likely N-dealkylation sites (tertiary alicyclic amines) is 1. The average Bonchev–Trinajstić information content (AvgIpc) is 2.73. The predicted octanol–water partition coefficient (Wildman–Crippen LogP) is 1.24. The number of piperazine rings is 1. The fraction of sp³-hybridized carbons (Fsp3) is 0.550. The second-order valence-corrected chi connectivity index (χ2v) is 7.13. The zero-order valence-corrected chi connectivity index (χ0v) is 16.0. The van der Waals surface area contributed by atoms with Crippen molar-refractivity contribution in [3.8, 4) is 5.75 Å². The third-order valence-corrected chi connectivity index (χ3v) is 5.48. The van der Waals surface area contributed by atoms with Crippen molar-refractivity contribution < 1.29 is 19.1 Å². The molecule has 146 valence electrons. The van der Waals surface area contributed by atoms with E-state index in [4.69, 9.17) is 4.74 Å². The Balaban J connectivity index is 1.52. The minimum Gasteiger partial charge on any atom is -0.497 e. The van der Waals surface area contributed by atoms with Crippen molar-refractivity contribution in [1.82, 2.24) is 14.7 Å². The average molecular weight is 373 g/mol. The number of carbonyl (C=O) groups excluding carboxylic acids is 3. The van der Waals surface area contributed by atoms with Gasteiger partial charge in [0.2, 0.25) is 11.8 Å². The lowest BCUT2D eigenvalue weighted by atomic mass is 9.94. The number of piperidine rings is 1. The van der Waals surface area contributed by atoms with Gasteiger partial charge in [-0.05, 0) is 31.0 Å². The van der Waals surface area contributed by atoms with Crippen LogP contribution in [0.3, 0.4) is 0 Å². The van der Waals surface area contributed by atoms with Crippen LogP contribution in [-0.4, -0.2) is 78.8 Å². The highest BCUT2D eigenvalue weighted by molar-refractivity contribution is 5.94. The molecular formula is C20H27N3O4. The Hall–Kier alpha value is -2.57. The Morgan fingerprint density at radius 2 is 1.56 bits per heavy atom. The largest absolute Gasteiger partial charge is 0.497 e. The molecular weight excluding hydrogens is 346 g/mol. The molecule has 2 heterocycles. The summed E-state index contributed by atoms with van der Waals surface area (Å²) in [5.74, 6) is 0.826. The van der Waals surface area contributed by atoms with Gasteiger partial charge in [-0.15, -0.1) is 0 Å². The smallest absolute Gasteiger partial charge is 0.253 e. The topological polar surface area (TPSA) is 70.2 Å². The van der Waals surface area contributed by atoms with Crippen molar-refractivity contribution in [3.63, 3.8) is 0 Å². The van der Waals surface area contributed by atoms with E-state index in [1.165, 1.54) is 0 Å². The molecule has 2 fully saturated rings. The van der Waals surface area contributed by atoms with Gasteiger partial charge in [0, 0.05) is 57.7 Å². The molecule has 0 N–H and O–H groups in total. The molecule has 3 amide bonds. The maximum Gasteiger partial charge on any atom is 0.253 e. The highest BCUT2D eigenvalue weighted by atomic mass is 16.5. The summed E-state index contributed by atoms with van der Waals surface area (Å²) in [6, 6.07) is 7.15. The van der Waals surface area contributed by atoms with Gasteiger partial charge in [-0.3, -0.25) is 14.4 Å². The van der Waals surface area contributed by atoms with Crippen LogP contribution in [0.15, 0.2) is 24.3 Å². The monoisotopic (exact) mass is 373 g/mol. The van der Waals surface area contributed by atoms with Gasteiger partial charge in [0.05, 0.1) is 7.11 Å². The molecule has 1 aromatic rings. The van der Waals surface area contributed by atoms with E-state index in [1.54, 1.807) is 31.1 Å². The summed E-state index contributed by atoms with van der Waals surface area (Å²) >= 11 is 0. The van der Waals surface area contributed by atoms with E-state index in [1.807, 2.05) is 21.9 Å². The van der Waals surface area contributed by atoms with E-state index in [0.717, 1.165) is 0 Å². The predicted molar refractivity (Wildman–Crippen MR) is 100 cm³/mol. The number of hydrogen-bond donors (Lipinski definition) is 0. The highest BCUT2D eigenvalue weighted by Gasteiger charge is 2.32. The van der Waals surface area contributed by atoms with Crippen molar-refractivity contribution >= 4 is 17.7 Å². The van der Waals surface area contributed by atoms with Crippen molar-refractivity contribution in [2.45, 2.75) is 19.8 Å². The van der Waals surface area contributed by atoms with E-state index >= 15 is 0 Å². The van der Waals surface area contributed by atoms with Gasteiger partial charge in [0.15, 0.2) is 0 Å². The number of nitrogens with zero attached hydrogens (tertiary/aromatic N) is 3. The van der Waals surface area contributed by atoms with E-state index in [2.05, 4.69) is 0 Å². The fourth-order valence-corrected chi connectivity index (χ4v) is 3.77. The quantitative estimate of drug-likeness (QED) is 0.799. The van der Waals surface area contributed by atoms with Gasteiger partial charge >= 0.3 is 0 Å². The van der Waals surface area contributed by atoms with E-state index in [-0.39, 0.29) is 23.6 Å². The van der Waals surface area contributed by atoms with Crippen LogP contribution in [0.1, 0.15) is 30.1 Å². The van der Waals surface area contributed by atoms with Crippen molar-refractivity contribution in [2.24, 2.45) is 5.92 Å². The third kappa shape index (κ3) is 4.40. The maximum absolute atomic E-state index is 12.8. The van der Waals surface area contributed by atoms with Crippen molar-refractivity contribution in [2.75, 3.05) is 46.4 Å². The van der Waals surface area contributed by atoms with Gasteiger partial charge in [0.25, 0.3) is 5.91 Å². The molecule has 2 saturated heterocycles. The minimum absolute atomic E-state index is 0.0186. The number of ether oxygens (including phenoxy) is 1. The lowest BCUT2D eigenvalue weighted by molar-refractivity contribution is -0.142. The van der Waals surface area contributed by atoms with Gasteiger partial charge in [-0.25, -0.2) is 0 Å². The number of hydrogen-bond acceptors (Lipinski definition) is 4. The van der Waals surface area contributed by atoms with Crippen molar-refractivity contribution in [1.29, 1.82) is 0 Å². The van der Waals surface area contributed by atoms with Crippen LogP contribution in [0.2, 0.25) is 0 Å². The summed E-state index contributed by atoms with van der Waals surface area (Å²) in [7, 11) is 1.58. The van der Waals surface area contributed by atoms with E-state index in [0.29, 0.717) is 63.4 Å². The van der Waals surface area contributed by atoms with Crippen LogP contribution in [0.25, 0.3) is 0 Å². The summed E-state index contributed by atoms with van der Waals surface area (Å²) in [5.41, 5.74) is 0.611. The molecule has 7 heteroatoms. The molecule has 0 saturated carbocycles. The molecule has 0 radical (unpaired) electrons. The Bertz CT molecular complexity index is 705. The first kappa shape index (κ1) is 19.2. The second kappa shape index (κ2) is 8.41. The van der Waals surface area contributed by atoms with Gasteiger partial charge < -0.3 is 19.4 Å². The number of benzene rings is 1. The Morgan fingerprint density at radius 3 is 2.15 bits per heavy atom. The summed E-state index contributed by atoms with van der Waals surface area (Å²) in [4.78, 5) is 42.3. The minimum atomic E-state index is -0.0387. The van der Waals surface area contributed by atoms with Gasteiger partial charge in [-0.1, -0.05) is 6.07 Å². The molecule has 3 rings (SSSR count). The molecule has 0 spiro atoms. The van der Waals surface area contributed by atoms with Crippen LogP contribution in [0, 0.1) is 5.92 Å². The van der Waals surface area contributed by atoms with Crippen molar-refractivity contribution in [3.05, 3.63) is 29.8 Å². The van der Waals surface area contributed by atoms with Gasteiger partial charge in [-0.2, -0.15) is 0 Å². The summed E-state index contributed by atoms with van der Waals surface area (Å²) in [6.07, 6.45) is 1.36. The first-order valence-electron chi connectivity index (χ1n) is 9.47. The Morgan fingerprint density at radius 1 is 0.926 bits per heavy atom. The van der Waals surface area contributed by atoms with Crippen LogP contribution < -0.4 is 4.74 Å². The van der Waals surface area contributed by atoms with Crippen LogP contribution in [0.4, 0.5) is 0 Å². The maximum atomic E-state index is 12.8. The lowest BCUT2D eigenvalue weighted by Gasteiger charge is -2.38. The highest BCUT2D eigenvalue weighted by Crippen LogP contribution is 2.23. The number of methoxy groups -OCH3 is 1. The zero-order chi connectivity index (χ0) is 19.4. The molecule has 0 aliphatic carbocycles. The summed E-state index contributed by atoms with van der Waals surface area (Å²) < 4.78 is 5.18. The number of amides is 3. The van der Waals surface area contributed by atoms with Crippen LogP contribution in [0.5, 0.6) is 5.75 Å². The Labute approximate surface area is 159 Å². The zero-order valence-electron chi connectivity index (χ0n) is 16.0. The molecule has 2 aliphatic rings. The lowest BCUT2D eigenvalue weighted by Crippen LogP contribution is -2.52. The second-order valence-electron chi connectivity index (χ2n) is 7.13. The molecule has 7 nitrogen and oxygen atoms in total. The third-order valence-electron chi connectivity index (χ3n) is 5.48. The molecule has 27 heavy (non-hydrogen) atoms. The molecule has 0 aromatic heterocycles. The molecule has 0 atom stereocenters. The molecule has 0 bridgehead atoms. The Kier molecular flexibility index (Phi) is 5.98. The fourth-order valence-electron chi connectivity index (χ4n) is 3.77. The summed E-state index contributed by atoms with van der Waals surface area (Å²) in [6.45, 7) is 5.14. The normalized spacial score (nSPS) is 18.4. The van der Waals surface area contributed by atoms with E-state index in [9.17, 15) is 14.4 Å². The first-order valence-corrected chi connectivity index (χ1v) is 9.47. The summed E-state index contributed by atoms with van der Waals surface area (Å²) in [5, 5.41) is 0. The first-order chi connectivity index (χ1) is 13.0. The number of rotatable bonds is 3. The van der Waals surface area contributed by atoms with E-state index < -0.39 is 0 Å². The molecule has 2 aliphatic heterocycles. The standard InChI is InChI=1S/C20H27N3O4/c1-15(24)21-10-12-23(13-11-21)19(25)16-6-8-22(9-7-16)20(26)17-4-3-5-18(14-17)27-2/h3-5,14,16H,6-13H2,1-2H3. The number of carbonyl (C=O) groups is 3. The van der Waals surface area contributed by atoms with Gasteiger partial charge in [0.1, 0.15) is 5.75 Å². The molecule has 0 unspecified atom stereocenters. The SMILES string of the molecule is COc1cccc(C(=O)N2CCC(C(=O)N3CCN(C(C)=O)CC3)CC2)c1. The molecule has 1 aromatic carbocycles.